The maximum absolute atomic E-state index is 13.1. The van der Waals surface area contributed by atoms with Crippen LogP contribution < -0.4 is 42.7 Å². The molecule has 230 valence electrons. The lowest BCUT2D eigenvalue weighted by Crippen LogP contribution is -2.42. The Morgan fingerprint density at radius 2 is 1.02 bits per heavy atom. The van der Waals surface area contributed by atoms with Gasteiger partial charge in [0, 0.05) is 12.1 Å². The number of aryl methyl sites for hydroxylation is 2. The minimum Gasteiger partial charge on any atom is -0.496 e. The molecular weight excluding hydrogens is 570 g/mol. The van der Waals surface area contributed by atoms with Crippen LogP contribution in [0.15, 0.2) is 60.8 Å². The van der Waals surface area contributed by atoms with Gasteiger partial charge in [0.1, 0.15) is 35.5 Å². The fourth-order valence-corrected chi connectivity index (χ4v) is 4.63. The lowest BCUT2D eigenvalue weighted by atomic mass is 9.96. The summed E-state index contributed by atoms with van der Waals surface area (Å²) in [5.41, 5.74) is 3.94. The van der Waals surface area contributed by atoms with Crippen molar-refractivity contribution in [2.75, 3.05) is 42.7 Å². The van der Waals surface area contributed by atoms with Gasteiger partial charge in [0.15, 0.2) is 11.5 Å². The molecule has 4 rings (SSSR count). The lowest BCUT2D eigenvalue weighted by molar-refractivity contribution is -0.887. The fourth-order valence-electron chi connectivity index (χ4n) is 4.63. The molecule has 0 N–H and O–H groups in total. The molecule has 0 aliphatic heterocycles. The number of rotatable bonds is 11. The van der Waals surface area contributed by atoms with Crippen molar-refractivity contribution in [2.45, 2.75) is 13.8 Å². The van der Waals surface area contributed by atoms with Crippen molar-refractivity contribution in [3.8, 4) is 51.5 Å². The Hall–Kier alpha value is -5.45. The number of carbonyl (C=O) groups is 2. The highest BCUT2D eigenvalue weighted by molar-refractivity contribution is 5.95. The van der Waals surface area contributed by atoms with Crippen LogP contribution in [-0.4, -0.2) is 54.6 Å². The van der Waals surface area contributed by atoms with Crippen molar-refractivity contribution in [1.29, 1.82) is 0 Å². The van der Waals surface area contributed by atoms with Gasteiger partial charge in [0.25, 0.3) is 6.20 Å². The van der Waals surface area contributed by atoms with E-state index in [4.69, 9.17) is 38.0 Å². The summed E-state index contributed by atoms with van der Waals surface area (Å²) in [6.07, 6.45) is 1.48. The maximum Gasteiger partial charge on any atom is 0.417 e. The summed E-state index contributed by atoms with van der Waals surface area (Å²) in [6, 6.07) is 15.2. The highest BCUT2D eigenvalue weighted by atomic mass is 16.7. The first kappa shape index (κ1) is 31.5. The van der Waals surface area contributed by atoms with E-state index >= 15 is 0 Å². The summed E-state index contributed by atoms with van der Waals surface area (Å²) in [7, 11) is 8.80. The molecule has 44 heavy (non-hydrogen) atoms. The topological polar surface area (TPSA) is 112 Å². The Morgan fingerprint density at radius 3 is 1.45 bits per heavy atom. The number of hydrogen-bond donors (Lipinski definition) is 0. The van der Waals surface area contributed by atoms with E-state index in [0.717, 1.165) is 22.3 Å². The quantitative estimate of drug-likeness (QED) is 0.135. The number of carbonyl (C=O) groups excluding carboxylic acids is 2. The highest BCUT2D eigenvalue weighted by Crippen LogP contribution is 2.36. The van der Waals surface area contributed by atoms with Crippen molar-refractivity contribution in [1.82, 2.24) is 0 Å². The van der Waals surface area contributed by atoms with Crippen LogP contribution >= 0.6 is 0 Å². The second-order valence-corrected chi connectivity index (χ2v) is 9.45. The van der Waals surface area contributed by atoms with Crippen molar-refractivity contribution in [3.05, 3.63) is 83.0 Å². The van der Waals surface area contributed by atoms with Gasteiger partial charge in [-0.1, -0.05) is 12.1 Å². The first-order valence-electron chi connectivity index (χ1n) is 13.4. The van der Waals surface area contributed by atoms with Crippen LogP contribution in [0.4, 0.5) is 0 Å². The third-order valence-corrected chi connectivity index (χ3v) is 6.86. The van der Waals surface area contributed by atoms with Crippen molar-refractivity contribution in [2.24, 2.45) is 0 Å². The summed E-state index contributed by atoms with van der Waals surface area (Å²) in [5.74, 6) is 1.12. The van der Waals surface area contributed by atoms with Crippen LogP contribution in [0.1, 0.15) is 31.8 Å². The van der Waals surface area contributed by atoms with E-state index in [1.807, 2.05) is 26.0 Å². The van der Waals surface area contributed by atoms with Gasteiger partial charge in [-0.2, -0.15) is 0 Å². The van der Waals surface area contributed by atoms with Crippen LogP contribution in [0.2, 0.25) is 0 Å². The Balaban J connectivity index is 1.54. The number of benzene rings is 3. The third-order valence-electron chi connectivity index (χ3n) is 6.86. The van der Waals surface area contributed by atoms with Crippen molar-refractivity contribution < 1.29 is 52.3 Å². The first-order chi connectivity index (χ1) is 21.2. The molecule has 11 heteroatoms. The molecule has 1 aromatic heterocycles. The average molecular weight is 605 g/mol. The molecule has 0 saturated carbocycles. The molecule has 0 aliphatic carbocycles. The van der Waals surface area contributed by atoms with Gasteiger partial charge in [-0.05, 0) is 60.4 Å². The Kier molecular flexibility index (Phi) is 9.79. The predicted molar refractivity (Wildman–Crippen MR) is 160 cm³/mol. The second-order valence-electron chi connectivity index (χ2n) is 9.45. The summed E-state index contributed by atoms with van der Waals surface area (Å²) in [5, 5.41) is 0. The highest BCUT2D eigenvalue weighted by Gasteiger charge is 2.26. The molecule has 0 spiro atoms. The van der Waals surface area contributed by atoms with E-state index in [2.05, 4.69) is 0 Å². The van der Waals surface area contributed by atoms with E-state index in [-0.39, 0.29) is 16.9 Å². The summed E-state index contributed by atoms with van der Waals surface area (Å²) in [4.78, 5) is 31.3. The van der Waals surface area contributed by atoms with Crippen LogP contribution in [0.5, 0.6) is 40.4 Å². The van der Waals surface area contributed by atoms with E-state index < -0.39 is 11.9 Å². The molecule has 0 amide bonds. The van der Waals surface area contributed by atoms with Crippen LogP contribution in [0.25, 0.3) is 11.1 Å². The number of hydrogen-bond acceptors (Lipinski definition) is 10. The SMILES string of the molecule is COc1cc(OC)c(C(=O)Oc2ccc(-c3ccc(OC(=O)c4cc(OC)[n+](OC)cc4OC)cc3C)c(C)c2)cc1OC. The maximum atomic E-state index is 13.1. The largest absolute Gasteiger partial charge is 0.496 e. The van der Waals surface area contributed by atoms with Gasteiger partial charge in [0.05, 0.1) is 46.3 Å². The van der Waals surface area contributed by atoms with Crippen LogP contribution in [-0.2, 0) is 0 Å². The Bertz CT molecular complexity index is 1570. The van der Waals surface area contributed by atoms with Gasteiger partial charge in [0.2, 0.25) is 5.75 Å². The molecule has 0 aliphatic rings. The molecule has 0 saturated heterocycles. The lowest BCUT2D eigenvalue weighted by Gasteiger charge is -2.15. The average Bonchev–Trinajstić information content (AvgIpc) is 3.03. The number of esters is 2. The predicted octanol–water partition coefficient (Wildman–Crippen LogP) is 4.80. The zero-order valence-electron chi connectivity index (χ0n) is 25.8. The first-order valence-corrected chi connectivity index (χ1v) is 13.4. The fraction of sp³-hybridized carbons (Fsp3) is 0.242. The van der Waals surface area contributed by atoms with Gasteiger partial charge >= 0.3 is 17.8 Å². The van der Waals surface area contributed by atoms with E-state index in [9.17, 15) is 9.59 Å². The third kappa shape index (κ3) is 6.46. The van der Waals surface area contributed by atoms with Crippen LogP contribution in [0, 0.1) is 13.8 Å². The number of nitrogens with zero attached hydrogens (tertiary/aromatic N) is 1. The van der Waals surface area contributed by atoms with Gasteiger partial charge in [-0.3, -0.25) is 4.84 Å². The minimum absolute atomic E-state index is 0.172. The molecular formula is C33H34NO10+. The molecule has 0 unspecified atom stereocenters. The van der Waals surface area contributed by atoms with Crippen molar-refractivity contribution in [3.63, 3.8) is 0 Å². The van der Waals surface area contributed by atoms with Gasteiger partial charge in [-0.15, -0.1) is 0 Å². The second kappa shape index (κ2) is 13.7. The molecule has 0 radical (unpaired) electrons. The van der Waals surface area contributed by atoms with Crippen LogP contribution in [0.3, 0.4) is 0 Å². The molecule has 0 atom stereocenters. The molecule has 1 heterocycles. The van der Waals surface area contributed by atoms with E-state index in [1.54, 1.807) is 30.3 Å². The van der Waals surface area contributed by atoms with E-state index in [0.29, 0.717) is 34.6 Å². The van der Waals surface area contributed by atoms with Gasteiger partial charge in [-0.25, -0.2) is 9.59 Å². The standard InChI is InChI=1S/C33H34NO10/c1-19-13-21(43-32(35)25-15-28(38-4)29(39-5)17-27(25)37-3)9-11-23(19)24-12-10-22(14-20(24)2)44-33(36)26-16-31(41-7)34(42-8)18-30(26)40-6/h9-18H,1-8H3/q+1. The normalized spacial score (nSPS) is 10.5. The smallest absolute Gasteiger partial charge is 0.417 e. The van der Waals surface area contributed by atoms with E-state index in [1.165, 1.54) is 65.7 Å². The number of methoxy groups -OCH3 is 5. The molecule has 0 bridgehead atoms. The Morgan fingerprint density at radius 1 is 0.545 bits per heavy atom. The summed E-state index contributed by atoms with van der Waals surface area (Å²) in [6.45, 7) is 3.83. The monoisotopic (exact) mass is 604 g/mol. The van der Waals surface area contributed by atoms with Crippen molar-refractivity contribution >= 4 is 11.9 Å². The molecule has 0 fully saturated rings. The minimum atomic E-state index is -0.621. The Labute approximate surface area is 255 Å². The molecule has 3 aromatic carbocycles. The summed E-state index contributed by atoms with van der Waals surface area (Å²) < 4.78 is 39.3. The summed E-state index contributed by atoms with van der Waals surface area (Å²) >= 11 is 0. The molecule has 11 nitrogen and oxygen atoms in total. The zero-order chi connectivity index (χ0) is 32.0. The van der Waals surface area contributed by atoms with Gasteiger partial charge < -0.3 is 33.2 Å². The number of aromatic nitrogens is 1. The zero-order valence-corrected chi connectivity index (χ0v) is 25.8. The molecule has 4 aromatic rings. The number of pyridine rings is 1. The number of ether oxygens (including phenoxy) is 7.